The van der Waals surface area contributed by atoms with E-state index in [9.17, 15) is 4.79 Å². The van der Waals surface area contributed by atoms with Crippen LogP contribution in [0.2, 0.25) is 0 Å². The van der Waals surface area contributed by atoms with Crippen LogP contribution in [-0.2, 0) is 0 Å². The Hall–Kier alpha value is -1.86. The molecule has 2 rings (SSSR count). The van der Waals surface area contributed by atoms with Gasteiger partial charge in [0, 0.05) is 21.7 Å². The molecule has 0 saturated heterocycles. The topological polar surface area (TPSA) is 17.1 Å². The summed E-state index contributed by atoms with van der Waals surface area (Å²) in [4.78, 5) is 12.3. The number of carbonyl (C=O) groups is 1. The molecule has 0 atom stereocenters. The fourth-order valence-corrected chi connectivity index (χ4v) is 1.83. The number of carbonyl (C=O) groups excluding carboxylic acids is 1. The molecule has 0 unspecified atom stereocenters. The predicted octanol–water partition coefficient (Wildman–Crippen LogP) is 4.13. The van der Waals surface area contributed by atoms with E-state index < -0.39 is 0 Å². The average molecular weight is 243 g/mol. The molecule has 0 amide bonds. The van der Waals surface area contributed by atoms with Crippen LogP contribution in [0.15, 0.2) is 61.2 Å². The zero-order chi connectivity index (χ0) is 12.3. The summed E-state index contributed by atoms with van der Waals surface area (Å²) in [6.45, 7) is 3.68. The van der Waals surface area contributed by atoms with Gasteiger partial charge in [0.2, 0.25) is 0 Å². The van der Waals surface area contributed by atoms with Gasteiger partial charge >= 0.3 is 0 Å². The van der Waals surface area contributed by atoms with Crippen molar-refractivity contribution in [1.82, 2.24) is 0 Å². The third-order valence-corrected chi connectivity index (χ3v) is 2.70. The van der Waals surface area contributed by atoms with Crippen molar-refractivity contribution < 1.29 is 4.79 Å². The molecule has 0 radical (unpaired) electrons. The first-order valence-corrected chi connectivity index (χ1v) is 5.61. The van der Waals surface area contributed by atoms with E-state index in [1.165, 1.54) is 0 Å². The summed E-state index contributed by atoms with van der Waals surface area (Å²) in [6.07, 6.45) is 0. The van der Waals surface area contributed by atoms with Crippen molar-refractivity contribution >= 4 is 22.4 Å². The standard InChI is InChI=1S/C15H11ClO/c1-11(16)13-9-5-6-10-14(13)15(17)12-7-3-2-4-8-12/h2-10H,1H2. The minimum atomic E-state index is -0.0389. The molecule has 2 heteroatoms. The van der Waals surface area contributed by atoms with Gasteiger partial charge < -0.3 is 0 Å². The third kappa shape index (κ3) is 2.45. The summed E-state index contributed by atoms with van der Waals surface area (Å²) in [6, 6.07) is 16.3. The molecular weight excluding hydrogens is 232 g/mol. The summed E-state index contributed by atoms with van der Waals surface area (Å²) in [7, 11) is 0. The van der Waals surface area contributed by atoms with Crippen LogP contribution in [-0.4, -0.2) is 5.78 Å². The maximum Gasteiger partial charge on any atom is 0.193 e. The lowest BCUT2D eigenvalue weighted by atomic mass is 9.98. The number of benzene rings is 2. The van der Waals surface area contributed by atoms with Gasteiger partial charge in [0.05, 0.1) is 0 Å². The summed E-state index contributed by atoms with van der Waals surface area (Å²) in [5.74, 6) is -0.0389. The van der Waals surface area contributed by atoms with E-state index in [0.29, 0.717) is 21.7 Å². The highest BCUT2D eigenvalue weighted by Gasteiger charge is 2.13. The largest absolute Gasteiger partial charge is 0.289 e. The zero-order valence-electron chi connectivity index (χ0n) is 9.19. The van der Waals surface area contributed by atoms with Crippen LogP contribution < -0.4 is 0 Å². The van der Waals surface area contributed by atoms with Crippen molar-refractivity contribution in [2.24, 2.45) is 0 Å². The molecular formula is C15H11ClO. The maximum absolute atomic E-state index is 12.3. The fourth-order valence-electron chi connectivity index (χ4n) is 1.66. The van der Waals surface area contributed by atoms with Gasteiger partial charge in [-0.1, -0.05) is 72.8 Å². The Morgan fingerprint density at radius 1 is 0.882 bits per heavy atom. The van der Waals surface area contributed by atoms with Gasteiger partial charge in [-0.3, -0.25) is 4.79 Å². The smallest absolute Gasteiger partial charge is 0.193 e. The first kappa shape index (κ1) is 11.6. The second-order valence-electron chi connectivity index (χ2n) is 3.65. The molecule has 1 nitrogen and oxygen atoms in total. The molecule has 0 spiro atoms. The Balaban J connectivity index is 2.48. The van der Waals surface area contributed by atoms with Crippen LogP contribution in [0.3, 0.4) is 0 Å². The van der Waals surface area contributed by atoms with Crippen molar-refractivity contribution in [1.29, 1.82) is 0 Å². The molecule has 84 valence electrons. The Morgan fingerprint density at radius 3 is 2.00 bits per heavy atom. The SMILES string of the molecule is C=C(Cl)c1ccccc1C(=O)c1ccccc1. The van der Waals surface area contributed by atoms with Gasteiger partial charge in [0.15, 0.2) is 5.78 Å². The summed E-state index contributed by atoms with van der Waals surface area (Å²) in [5, 5.41) is 0.380. The molecule has 17 heavy (non-hydrogen) atoms. The molecule has 0 saturated carbocycles. The Kier molecular flexibility index (Phi) is 3.40. The van der Waals surface area contributed by atoms with Crippen LogP contribution in [0.5, 0.6) is 0 Å². The molecule has 0 aliphatic carbocycles. The molecule has 2 aromatic rings. The van der Waals surface area contributed by atoms with Crippen molar-refractivity contribution in [3.8, 4) is 0 Å². The molecule has 0 N–H and O–H groups in total. The van der Waals surface area contributed by atoms with E-state index in [2.05, 4.69) is 6.58 Å². The third-order valence-electron chi connectivity index (χ3n) is 2.50. The fraction of sp³-hybridized carbons (Fsp3) is 0. The van der Waals surface area contributed by atoms with E-state index in [0.717, 1.165) is 0 Å². The van der Waals surface area contributed by atoms with Crippen LogP contribution in [0, 0.1) is 0 Å². The lowest BCUT2D eigenvalue weighted by Crippen LogP contribution is -2.03. The molecule has 2 aromatic carbocycles. The highest BCUT2D eigenvalue weighted by molar-refractivity contribution is 6.49. The van der Waals surface area contributed by atoms with Crippen LogP contribution in [0.1, 0.15) is 21.5 Å². The van der Waals surface area contributed by atoms with Crippen molar-refractivity contribution in [2.75, 3.05) is 0 Å². The molecule has 0 fully saturated rings. The quantitative estimate of drug-likeness (QED) is 0.740. The highest BCUT2D eigenvalue weighted by Crippen LogP contribution is 2.23. The van der Waals surface area contributed by atoms with Gasteiger partial charge in [-0.2, -0.15) is 0 Å². The molecule has 0 bridgehead atoms. The van der Waals surface area contributed by atoms with Crippen LogP contribution in [0.4, 0.5) is 0 Å². The van der Waals surface area contributed by atoms with Gasteiger partial charge in [0.25, 0.3) is 0 Å². The first-order valence-electron chi connectivity index (χ1n) is 5.23. The predicted molar refractivity (Wildman–Crippen MR) is 71.2 cm³/mol. The normalized spacial score (nSPS) is 9.94. The number of hydrogen-bond donors (Lipinski definition) is 0. The van der Waals surface area contributed by atoms with Crippen molar-refractivity contribution in [3.05, 3.63) is 77.9 Å². The highest BCUT2D eigenvalue weighted by atomic mass is 35.5. The van der Waals surface area contributed by atoms with Crippen LogP contribution >= 0.6 is 11.6 Å². The minimum absolute atomic E-state index is 0.0389. The second-order valence-corrected chi connectivity index (χ2v) is 4.10. The molecule has 0 aliphatic rings. The zero-order valence-corrected chi connectivity index (χ0v) is 9.95. The van der Waals surface area contributed by atoms with Crippen LogP contribution in [0.25, 0.3) is 5.03 Å². The van der Waals surface area contributed by atoms with Gasteiger partial charge in [-0.15, -0.1) is 0 Å². The number of ketones is 1. The molecule has 0 aliphatic heterocycles. The van der Waals surface area contributed by atoms with Gasteiger partial charge in [0.1, 0.15) is 0 Å². The monoisotopic (exact) mass is 242 g/mol. The Bertz CT molecular complexity index is 558. The number of hydrogen-bond acceptors (Lipinski definition) is 1. The molecule has 0 aromatic heterocycles. The van der Waals surface area contributed by atoms with E-state index in [-0.39, 0.29) is 5.78 Å². The number of rotatable bonds is 3. The Morgan fingerprint density at radius 2 is 1.41 bits per heavy atom. The van der Waals surface area contributed by atoms with Gasteiger partial charge in [-0.05, 0) is 0 Å². The lowest BCUT2D eigenvalue weighted by molar-refractivity contribution is 0.103. The number of halogens is 1. The van der Waals surface area contributed by atoms with Crippen molar-refractivity contribution in [3.63, 3.8) is 0 Å². The average Bonchev–Trinajstić information content (AvgIpc) is 2.39. The summed E-state index contributed by atoms with van der Waals surface area (Å²) >= 11 is 5.89. The Labute approximate surface area is 105 Å². The summed E-state index contributed by atoms with van der Waals surface area (Å²) < 4.78 is 0. The summed E-state index contributed by atoms with van der Waals surface area (Å²) in [5.41, 5.74) is 1.92. The van der Waals surface area contributed by atoms with E-state index in [1.54, 1.807) is 24.3 Å². The van der Waals surface area contributed by atoms with E-state index in [4.69, 9.17) is 11.6 Å². The lowest BCUT2D eigenvalue weighted by Gasteiger charge is -2.06. The molecule has 0 heterocycles. The van der Waals surface area contributed by atoms with E-state index >= 15 is 0 Å². The first-order chi connectivity index (χ1) is 8.20. The minimum Gasteiger partial charge on any atom is -0.289 e. The maximum atomic E-state index is 12.3. The van der Waals surface area contributed by atoms with Crippen molar-refractivity contribution in [2.45, 2.75) is 0 Å². The van der Waals surface area contributed by atoms with Gasteiger partial charge in [-0.25, -0.2) is 0 Å². The van der Waals surface area contributed by atoms with E-state index in [1.807, 2.05) is 30.3 Å². The second kappa shape index (κ2) is 4.98.